The second-order valence-corrected chi connectivity index (χ2v) is 3.83. The smallest absolute Gasteiger partial charge is 0.237 e. The van der Waals surface area contributed by atoms with Crippen LogP contribution in [0.2, 0.25) is 0 Å². The average Bonchev–Trinajstić information content (AvgIpc) is 2.47. The Morgan fingerprint density at radius 2 is 2.12 bits per heavy atom. The maximum absolute atomic E-state index is 11.4. The summed E-state index contributed by atoms with van der Waals surface area (Å²) >= 11 is 0. The van der Waals surface area contributed by atoms with Crippen LogP contribution in [0.4, 0.5) is 0 Å². The first kappa shape index (κ1) is 14.9. The summed E-state index contributed by atoms with van der Waals surface area (Å²) in [5, 5.41) is 6.96. The molecule has 0 saturated heterocycles. The van der Waals surface area contributed by atoms with Gasteiger partial charge in [0.25, 0.3) is 0 Å². The van der Waals surface area contributed by atoms with Crippen molar-refractivity contribution in [2.24, 2.45) is 12.8 Å². The minimum absolute atomic E-state index is 0. The predicted molar refractivity (Wildman–Crippen MR) is 65.4 cm³/mol. The van der Waals surface area contributed by atoms with Crippen LogP contribution >= 0.6 is 12.4 Å². The number of carbonyl (C=O) groups is 1. The van der Waals surface area contributed by atoms with E-state index >= 15 is 0 Å². The Morgan fingerprint density at radius 1 is 1.56 bits per heavy atom. The van der Waals surface area contributed by atoms with Gasteiger partial charge in [-0.25, -0.2) is 0 Å². The van der Waals surface area contributed by atoms with Gasteiger partial charge in [0.15, 0.2) is 0 Å². The molecule has 6 heteroatoms. The van der Waals surface area contributed by atoms with E-state index in [-0.39, 0.29) is 24.4 Å². The van der Waals surface area contributed by atoms with Crippen molar-refractivity contribution >= 4 is 18.3 Å². The minimum Gasteiger partial charge on any atom is -0.348 e. The third-order valence-electron chi connectivity index (χ3n) is 2.51. The monoisotopic (exact) mass is 246 g/mol. The van der Waals surface area contributed by atoms with E-state index < -0.39 is 6.04 Å². The molecule has 92 valence electrons. The van der Waals surface area contributed by atoms with Gasteiger partial charge >= 0.3 is 0 Å². The van der Waals surface area contributed by atoms with Crippen molar-refractivity contribution in [3.05, 3.63) is 17.5 Å². The van der Waals surface area contributed by atoms with E-state index in [9.17, 15) is 4.79 Å². The minimum atomic E-state index is -0.482. The molecule has 2 unspecified atom stereocenters. The highest BCUT2D eigenvalue weighted by Gasteiger charge is 2.16. The zero-order chi connectivity index (χ0) is 11.6. The summed E-state index contributed by atoms with van der Waals surface area (Å²) < 4.78 is 1.78. The summed E-state index contributed by atoms with van der Waals surface area (Å²) in [6.07, 6.45) is 1.77. The number of nitrogens with one attached hydrogen (secondary N) is 1. The maximum Gasteiger partial charge on any atom is 0.237 e. The lowest BCUT2D eigenvalue weighted by Gasteiger charge is -2.15. The summed E-state index contributed by atoms with van der Waals surface area (Å²) in [5.74, 6) is -0.147. The van der Waals surface area contributed by atoms with Crippen LogP contribution in [0.15, 0.2) is 6.20 Å². The number of rotatable bonds is 3. The zero-order valence-corrected chi connectivity index (χ0v) is 10.8. The highest BCUT2D eigenvalue weighted by molar-refractivity contribution is 5.85. The fraction of sp³-hybridized carbons (Fsp3) is 0.600. The lowest BCUT2D eigenvalue weighted by molar-refractivity contribution is -0.122. The van der Waals surface area contributed by atoms with Gasteiger partial charge in [0, 0.05) is 18.3 Å². The zero-order valence-electron chi connectivity index (χ0n) is 10.0. The lowest BCUT2D eigenvalue weighted by atomic mass is 10.1. The lowest BCUT2D eigenvalue weighted by Crippen LogP contribution is -2.39. The topological polar surface area (TPSA) is 72.9 Å². The number of nitrogens with zero attached hydrogens (tertiary/aromatic N) is 2. The second-order valence-electron chi connectivity index (χ2n) is 3.83. The van der Waals surface area contributed by atoms with Crippen molar-refractivity contribution in [2.45, 2.75) is 32.9 Å². The number of carbonyl (C=O) groups excluding carboxylic acids is 1. The molecule has 0 fully saturated rings. The van der Waals surface area contributed by atoms with Gasteiger partial charge in [-0.15, -0.1) is 12.4 Å². The standard InChI is InChI=1S/C10H18N4O.ClH/c1-6(11)10(15)13-7(2)9-5-12-14(4)8(9)3;/h5-7H,11H2,1-4H3,(H,13,15);1H. The van der Waals surface area contributed by atoms with E-state index in [1.54, 1.807) is 17.8 Å². The van der Waals surface area contributed by atoms with Crippen molar-refractivity contribution in [2.75, 3.05) is 0 Å². The molecule has 0 aliphatic rings. The first-order chi connectivity index (χ1) is 6.93. The Morgan fingerprint density at radius 3 is 2.50 bits per heavy atom. The van der Waals surface area contributed by atoms with Gasteiger partial charge in [-0.3, -0.25) is 9.48 Å². The summed E-state index contributed by atoms with van der Waals surface area (Å²) in [5.41, 5.74) is 7.54. The van der Waals surface area contributed by atoms with Crippen LogP contribution in [0.25, 0.3) is 0 Å². The summed E-state index contributed by atoms with van der Waals surface area (Å²) in [6, 6.07) is -0.540. The van der Waals surface area contributed by atoms with E-state index in [0.717, 1.165) is 11.3 Å². The van der Waals surface area contributed by atoms with Gasteiger partial charge in [-0.1, -0.05) is 0 Å². The molecule has 0 aromatic carbocycles. The van der Waals surface area contributed by atoms with E-state index in [2.05, 4.69) is 10.4 Å². The number of halogens is 1. The molecule has 0 radical (unpaired) electrons. The molecule has 1 heterocycles. The van der Waals surface area contributed by atoms with Gasteiger partial charge in [0.1, 0.15) is 0 Å². The Bertz CT molecular complexity index is 362. The molecule has 1 amide bonds. The second kappa shape index (κ2) is 5.86. The number of hydrogen-bond acceptors (Lipinski definition) is 3. The summed E-state index contributed by atoms with van der Waals surface area (Å²) in [4.78, 5) is 11.4. The van der Waals surface area contributed by atoms with Crippen LogP contribution in [0, 0.1) is 6.92 Å². The molecular formula is C10H19ClN4O. The van der Waals surface area contributed by atoms with E-state index in [1.807, 2.05) is 20.9 Å². The van der Waals surface area contributed by atoms with E-state index in [1.165, 1.54) is 0 Å². The number of hydrogen-bond donors (Lipinski definition) is 2. The van der Waals surface area contributed by atoms with Crippen molar-refractivity contribution in [1.29, 1.82) is 0 Å². The number of nitrogens with two attached hydrogens (primary N) is 1. The van der Waals surface area contributed by atoms with Crippen molar-refractivity contribution in [3.8, 4) is 0 Å². The highest BCUT2D eigenvalue weighted by atomic mass is 35.5. The molecule has 3 N–H and O–H groups in total. The molecule has 16 heavy (non-hydrogen) atoms. The van der Waals surface area contributed by atoms with Gasteiger partial charge in [-0.2, -0.15) is 5.10 Å². The molecule has 0 aliphatic heterocycles. The Hall–Kier alpha value is -1.07. The van der Waals surface area contributed by atoms with Gasteiger partial charge in [0.2, 0.25) is 5.91 Å². The van der Waals surface area contributed by atoms with Crippen LogP contribution in [0.5, 0.6) is 0 Å². The number of aryl methyl sites for hydroxylation is 1. The largest absolute Gasteiger partial charge is 0.348 e. The normalized spacial score (nSPS) is 13.8. The number of amides is 1. The van der Waals surface area contributed by atoms with Gasteiger partial charge in [-0.05, 0) is 20.8 Å². The quantitative estimate of drug-likeness (QED) is 0.824. The maximum atomic E-state index is 11.4. The van der Waals surface area contributed by atoms with Crippen LogP contribution in [-0.2, 0) is 11.8 Å². The summed E-state index contributed by atoms with van der Waals surface area (Å²) in [6.45, 7) is 5.55. The van der Waals surface area contributed by atoms with Crippen molar-refractivity contribution < 1.29 is 4.79 Å². The van der Waals surface area contributed by atoms with E-state index in [4.69, 9.17) is 5.73 Å². The molecule has 5 nitrogen and oxygen atoms in total. The highest BCUT2D eigenvalue weighted by Crippen LogP contribution is 2.15. The third-order valence-corrected chi connectivity index (χ3v) is 2.51. The van der Waals surface area contributed by atoms with Crippen LogP contribution in [0.3, 0.4) is 0 Å². The molecule has 1 aromatic heterocycles. The Balaban J connectivity index is 0.00000225. The number of aromatic nitrogens is 2. The van der Waals surface area contributed by atoms with Gasteiger partial charge < -0.3 is 11.1 Å². The molecule has 0 aliphatic carbocycles. The molecule has 0 spiro atoms. The van der Waals surface area contributed by atoms with Crippen molar-refractivity contribution in [3.63, 3.8) is 0 Å². The fourth-order valence-corrected chi connectivity index (χ4v) is 1.36. The van der Waals surface area contributed by atoms with E-state index in [0.29, 0.717) is 0 Å². The third kappa shape index (κ3) is 3.21. The molecule has 2 atom stereocenters. The van der Waals surface area contributed by atoms with Crippen LogP contribution < -0.4 is 11.1 Å². The predicted octanol–water partition coefficient (Wildman–Crippen LogP) is 0.675. The molecule has 1 aromatic rings. The SMILES string of the molecule is Cc1c(C(C)NC(=O)C(C)N)cnn1C.Cl. The van der Waals surface area contributed by atoms with Gasteiger partial charge in [0.05, 0.1) is 18.3 Å². The Kier molecular flexibility index (Phi) is 5.47. The molecule has 0 bridgehead atoms. The Labute approximate surface area is 102 Å². The van der Waals surface area contributed by atoms with Crippen molar-refractivity contribution in [1.82, 2.24) is 15.1 Å². The van der Waals surface area contributed by atoms with Crippen LogP contribution in [0.1, 0.15) is 31.1 Å². The first-order valence-electron chi connectivity index (χ1n) is 4.98. The molecule has 1 rings (SSSR count). The van der Waals surface area contributed by atoms with Crippen LogP contribution in [-0.4, -0.2) is 21.7 Å². The fourth-order valence-electron chi connectivity index (χ4n) is 1.36. The first-order valence-corrected chi connectivity index (χ1v) is 4.98. The average molecular weight is 247 g/mol. The molecular weight excluding hydrogens is 228 g/mol. The summed E-state index contributed by atoms with van der Waals surface area (Å²) in [7, 11) is 1.87. The molecule has 0 saturated carbocycles.